The van der Waals surface area contributed by atoms with Crippen molar-refractivity contribution in [3.05, 3.63) is 53.3 Å². The largest absolute Gasteiger partial charge is 0.457 e. The van der Waals surface area contributed by atoms with Crippen LogP contribution in [0.25, 0.3) is 0 Å². The van der Waals surface area contributed by atoms with Crippen molar-refractivity contribution in [2.75, 3.05) is 0 Å². The van der Waals surface area contributed by atoms with Gasteiger partial charge in [-0.25, -0.2) is 4.79 Å². The van der Waals surface area contributed by atoms with Gasteiger partial charge in [0.05, 0.1) is 5.69 Å². The van der Waals surface area contributed by atoms with Crippen LogP contribution in [0.3, 0.4) is 0 Å². The van der Waals surface area contributed by atoms with E-state index in [4.69, 9.17) is 4.74 Å². The third-order valence-electron chi connectivity index (χ3n) is 2.45. The van der Waals surface area contributed by atoms with Crippen LogP contribution in [-0.4, -0.2) is 15.7 Å². The molecule has 0 aliphatic heterocycles. The number of esters is 1. The van der Waals surface area contributed by atoms with E-state index in [0.29, 0.717) is 11.3 Å². The van der Waals surface area contributed by atoms with Crippen LogP contribution in [0.1, 0.15) is 21.6 Å². The van der Waals surface area contributed by atoms with Crippen molar-refractivity contribution in [1.82, 2.24) is 9.78 Å². The minimum Gasteiger partial charge on any atom is -0.457 e. The first-order chi connectivity index (χ1) is 8.16. The summed E-state index contributed by atoms with van der Waals surface area (Å²) in [5, 5.41) is 4.10. The van der Waals surface area contributed by atoms with Gasteiger partial charge >= 0.3 is 5.97 Å². The summed E-state index contributed by atoms with van der Waals surface area (Å²) in [6, 6.07) is 9.60. The fourth-order valence-electron chi connectivity index (χ4n) is 1.60. The van der Waals surface area contributed by atoms with Crippen molar-refractivity contribution in [3.63, 3.8) is 0 Å². The Morgan fingerprint density at radius 1 is 1.35 bits per heavy atom. The van der Waals surface area contributed by atoms with Gasteiger partial charge in [-0.15, -0.1) is 0 Å². The topological polar surface area (TPSA) is 44.1 Å². The lowest BCUT2D eigenvalue weighted by Crippen LogP contribution is -2.05. The van der Waals surface area contributed by atoms with Gasteiger partial charge < -0.3 is 4.74 Å². The Morgan fingerprint density at radius 2 is 2.06 bits per heavy atom. The minimum atomic E-state index is -0.334. The zero-order chi connectivity index (χ0) is 12.3. The Bertz CT molecular complexity index is 517. The molecule has 2 aromatic rings. The number of hydrogen-bond acceptors (Lipinski definition) is 3. The highest BCUT2D eigenvalue weighted by Gasteiger charge is 2.13. The molecular formula is C13H14N2O2. The summed E-state index contributed by atoms with van der Waals surface area (Å²) in [7, 11) is 1.78. The van der Waals surface area contributed by atoms with Crippen LogP contribution in [0.5, 0.6) is 0 Å². The standard InChI is InChI=1S/C13H14N2O2/c1-10-12(8-15(2)14-10)13(16)17-9-11-6-4-3-5-7-11/h3-8H,9H2,1-2H3. The molecule has 0 spiro atoms. The first kappa shape index (κ1) is 11.4. The maximum atomic E-state index is 11.8. The first-order valence-corrected chi connectivity index (χ1v) is 5.38. The Balaban J connectivity index is 2.01. The highest BCUT2D eigenvalue weighted by atomic mass is 16.5. The lowest BCUT2D eigenvalue weighted by molar-refractivity contribution is 0.0472. The van der Waals surface area contributed by atoms with Crippen molar-refractivity contribution in [1.29, 1.82) is 0 Å². The quantitative estimate of drug-likeness (QED) is 0.758. The van der Waals surface area contributed by atoms with Crippen LogP contribution in [0.15, 0.2) is 36.5 Å². The third-order valence-corrected chi connectivity index (χ3v) is 2.45. The molecule has 4 nitrogen and oxygen atoms in total. The number of nitrogens with zero attached hydrogens (tertiary/aromatic N) is 2. The highest BCUT2D eigenvalue weighted by molar-refractivity contribution is 5.90. The Kier molecular flexibility index (Phi) is 3.23. The predicted molar refractivity (Wildman–Crippen MR) is 63.5 cm³/mol. The molecule has 4 heteroatoms. The van der Waals surface area contributed by atoms with Crippen LogP contribution < -0.4 is 0 Å². The van der Waals surface area contributed by atoms with Crippen LogP contribution in [0.2, 0.25) is 0 Å². The number of carbonyl (C=O) groups is 1. The van der Waals surface area contributed by atoms with E-state index >= 15 is 0 Å². The smallest absolute Gasteiger partial charge is 0.341 e. The first-order valence-electron chi connectivity index (χ1n) is 5.38. The van der Waals surface area contributed by atoms with Gasteiger partial charge in [0.25, 0.3) is 0 Å². The molecule has 0 N–H and O–H groups in total. The number of benzene rings is 1. The number of rotatable bonds is 3. The second-order valence-electron chi connectivity index (χ2n) is 3.86. The van der Waals surface area contributed by atoms with E-state index in [2.05, 4.69) is 5.10 Å². The van der Waals surface area contributed by atoms with Gasteiger partial charge in [0.2, 0.25) is 0 Å². The highest BCUT2D eigenvalue weighted by Crippen LogP contribution is 2.09. The SMILES string of the molecule is Cc1nn(C)cc1C(=O)OCc1ccccc1. The zero-order valence-corrected chi connectivity index (χ0v) is 9.88. The second-order valence-corrected chi connectivity index (χ2v) is 3.86. The Labute approximate surface area is 99.8 Å². The zero-order valence-electron chi connectivity index (χ0n) is 9.88. The minimum absolute atomic E-state index is 0.286. The van der Waals surface area contributed by atoms with Crippen molar-refractivity contribution >= 4 is 5.97 Å². The maximum absolute atomic E-state index is 11.8. The second kappa shape index (κ2) is 4.82. The van der Waals surface area contributed by atoms with Crippen molar-refractivity contribution < 1.29 is 9.53 Å². The average Bonchev–Trinajstić information content (AvgIpc) is 2.67. The fourth-order valence-corrected chi connectivity index (χ4v) is 1.60. The van der Waals surface area contributed by atoms with Gasteiger partial charge in [-0.3, -0.25) is 4.68 Å². The van der Waals surface area contributed by atoms with Crippen LogP contribution >= 0.6 is 0 Å². The van der Waals surface area contributed by atoms with Gasteiger partial charge in [0.15, 0.2) is 0 Å². The van der Waals surface area contributed by atoms with Gasteiger partial charge in [0.1, 0.15) is 12.2 Å². The van der Waals surface area contributed by atoms with Crippen LogP contribution in [-0.2, 0) is 18.4 Å². The molecule has 1 aromatic carbocycles. The molecule has 2 rings (SSSR count). The van der Waals surface area contributed by atoms with Crippen molar-refractivity contribution in [2.24, 2.45) is 7.05 Å². The summed E-state index contributed by atoms with van der Waals surface area (Å²) >= 11 is 0. The summed E-state index contributed by atoms with van der Waals surface area (Å²) in [5.41, 5.74) is 2.18. The van der Waals surface area contributed by atoms with E-state index in [1.807, 2.05) is 30.3 Å². The normalized spacial score (nSPS) is 10.2. The number of hydrogen-bond donors (Lipinski definition) is 0. The molecule has 17 heavy (non-hydrogen) atoms. The van der Waals surface area contributed by atoms with Crippen LogP contribution in [0, 0.1) is 6.92 Å². The third kappa shape index (κ3) is 2.72. The summed E-state index contributed by atoms with van der Waals surface area (Å²) in [6.07, 6.45) is 1.67. The molecular weight excluding hydrogens is 216 g/mol. The lowest BCUT2D eigenvalue weighted by atomic mass is 10.2. The number of aromatic nitrogens is 2. The molecule has 0 amide bonds. The molecule has 0 saturated heterocycles. The molecule has 0 fully saturated rings. The van der Waals surface area contributed by atoms with Gasteiger partial charge in [0, 0.05) is 13.2 Å². The summed E-state index contributed by atoms with van der Waals surface area (Å²) < 4.78 is 6.82. The molecule has 0 radical (unpaired) electrons. The Morgan fingerprint density at radius 3 is 2.65 bits per heavy atom. The fraction of sp³-hybridized carbons (Fsp3) is 0.231. The van der Waals surface area contributed by atoms with Crippen molar-refractivity contribution in [2.45, 2.75) is 13.5 Å². The predicted octanol–water partition coefficient (Wildman–Crippen LogP) is 2.09. The molecule has 0 aliphatic rings. The molecule has 1 heterocycles. The molecule has 1 aromatic heterocycles. The summed E-state index contributed by atoms with van der Waals surface area (Å²) in [4.78, 5) is 11.8. The van der Waals surface area contributed by atoms with Crippen LogP contribution in [0.4, 0.5) is 0 Å². The monoisotopic (exact) mass is 230 g/mol. The summed E-state index contributed by atoms with van der Waals surface area (Å²) in [6.45, 7) is 2.08. The van der Waals surface area contributed by atoms with Gasteiger partial charge in [-0.1, -0.05) is 30.3 Å². The van der Waals surface area contributed by atoms with Gasteiger partial charge in [-0.05, 0) is 12.5 Å². The number of carbonyl (C=O) groups excluding carboxylic acids is 1. The average molecular weight is 230 g/mol. The van der Waals surface area contributed by atoms with E-state index in [-0.39, 0.29) is 12.6 Å². The number of ether oxygens (including phenoxy) is 1. The van der Waals surface area contributed by atoms with Gasteiger partial charge in [-0.2, -0.15) is 5.10 Å². The molecule has 0 saturated carbocycles. The van der Waals surface area contributed by atoms with E-state index in [0.717, 1.165) is 5.56 Å². The van der Waals surface area contributed by atoms with E-state index in [9.17, 15) is 4.79 Å². The Hall–Kier alpha value is -2.10. The summed E-state index contributed by atoms with van der Waals surface area (Å²) in [5.74, 6) is -0.334. The molecule has 88 valence electrons. The molecule has 0 bridgehead atoms. The number of aryl methyl sites for hydroxylation is 2. The molecule has 0 unspecified atom stereocenters. The van der Waals surface area contributed by atoms with E-state index in [1.54, 1.807) is 24.9 Å². The molecule has 0 aliphatic carbocycles. The lowest BCUT2D eigenvalue weighted by Gasteiger charge is -2.03. The van der Waals surface area contributed by atoms with E-state index in [1.165, 1.54) is 0 Å². The maximum Gasteiger partial charge on any atom is 0.341 e. The molecule has 0 atom stereocenters. The van der Waals surface area contributed by atoms with Crippen molar-refractivity contribution in [3.8, 4) is 0 Å². The van der Waals surface area contributed by atoms with E-state index < -0.39 is 0 Å².